The maximum atomic E-state index is 11.4. The number of hydrogen-bond donors (Lipinski definition) is 2. The molecule has 2 nitrogen and oxygen atoms in total. The first-order valence-electron chi connectivity index (χ1n) is 1.92. The van der Waals surface area contributed by atoms with Gasteiger partial charge in [-0.1, -0.05) is 0 Å². The van der Waals surface area contributed by atoms with Crippen molar-refractivity contribution in [3.8, 4) is 0 Å². The van der Waals surface area contributed by atoms with Crippen LogP contribution in [0.25, 0.3) is 0 Å². The number of hydrogen-bond acceptors (Lipinski definition) is 2. The van der Waals surface area contributed by atoms with Crippen molar-refractivity contribution in [2.24, 2.45) is 0 Å². The lowest BCUT2D eigenvalue weighted by atomic mass is 10.4. The maximum absolute atomic E-state index is 11.4. The predicted molar refractivity (Wildman–Crippen MR) is 19.2 cm³/mol. The minimum absolute atomic E-state index is 3.36. The third-order valence-corrected chi connectivity index (χ3v) is 0.573. The molecule has 6 heteroatoms. The standard InChI is InChI=1S/C3H4F4O2/c4-1(2(5)8)3(6,7)9/h1-2,8-9H. The topological polar surface area (TPSA) is 40.5 Å². The highest BCUT2D eigenvalue weighted by Crippen LogP contribution is 2.20. The highest BCUT2D eigenvalue weighted by Gasteiger charge is 2.43. The Morgan fingerprint density at radius 1 is 1.22 bits per heavy atom. The minimum atomic E-state index is -4.81. The van der Waals surface area contributed by atoms with Gasteiger partial charge in [-0.05, 0) is 0 Å². The van der Waals surface area contributed by atoms with Gasteiger partial charge in [0.1, 0.15) is 0 Å². The first kappa shape index (κ1) is 8.64. The zero-order valence-electron chi connectivity index (χ0n) is 4.06. The number of aliphatic hydroxyl groups excluding tert-OH is 1. The number of rotatable bonds is 2. The fraction of sp³-hybridized carbons (Fsp3) is 1.00. The van der Waals surface area contributed by atoms with Crippen molar-refractivity contribution in [2.75, 3.05) is 0 Å². The molecule has 0 bridgehead atoms. The van der Waals surface area contributed by atoms with Gasteiger partial charge < -0.3 is 10.2 Å². The summed E-state index contributed by atoms with van der Waals surface area (Å²) in [7, 11) is 0. The van der Waals surface area contributed by atoms with Crippen molar-refractivity contribution in [3.05, 3.63) is 0 Å². The van der Waals surface area contributed by atoms with Gasteiger partial charge in [0.05, 0.1) is 0 Å². The Kier molecular flexibility index (Phi) is 2.39. The van der Waals surface area contributed by atoms with Crippen molar-refractivity contribution in [2.45, 2.75) is 18.6 Å². The van der Waals surface area contributed by atoms with Crippen LogP contribution in [0.2, 0.25) is 0 Å². The number of halogens is 4. The van der Waals surface area contributed by atoms with E-state index in [4.69, 9.17) is 10.2 Å². The molecular weight excluding hydrogens is 144 g/mol. The van der Waals surface area contributed by atoms with E-state index < -0.39 is 18.6 Å². The summed E-state index contributed by atoms with van der Waals surface area (Å²) < 4.78 is 44.8. The molecule has 0 saturated heterocycles. The molecule has 2 N–H and O–H groups in total. The van der Waals surface area contributed by atoms with Crippen LogP contribution < -0.4 is 0 Å². The average Bonchev–Trinajstić information content (AvgIpc) is 1.62. The summed E-state index contributed by atoms with van der Waals surface area (Å²) in [5.41, 5.74) is 0. The molecule has 0 aliphatic rings. The highest BCUT2D eigenvalue weighted by molar-refractivity contribution is 4.65. The van der Waals surface area contributed by atoms with Gasteiger partial charge in [0, 0.05) is 0 Å². The Balaban J connectivity index is 3.88. The first-order chi connectivity index (χ1) is 3.85. The lowest BCUT2D eigenvalue weighted by molar-refractivity contribution is -0.272. The molecule has 0 aliphatic carbocycles. The van der Waals surface area contributed by atoms with Crippen molar-refractivity contribution in [1.82, 2.24) is 0 Å². The summed E-state index contributed by atoms with van der Waals surface area (Å²) >= 11 is 0. The van der Waals surface area contributed by atoms with Gasteiger partial charge in [-0.15, -0.1) is 0 Å². The van der Waals surface area contributed by atoms with E-state index in [2.05, 4.69) is 0 Å². The third kappa shape index (κ3) is 2.62. The van der Waals surface area contributed by atoms with Gasteiger partial charge in [-0.25, -0.2) is 8.78 Å². The van der Waals surface area contributed by atoms with Crippen LogP contribution in [0.5, 0.6) is 0 Å². The summed E-state index contributed by atoms with van der Waals surface area (Å²) in [5.74, 6) is 0. The quantitative estimate of drug-likeness (QED) is 0.549. The number of alkyl halides is 4. The molecule has 2 unspecified atom stereocenters. The molecule has 0 aliphatic heterocycles. The highest BCUT2D eigenvalue weighted by atomic mass is 19.3. The van der Waals surface area contributed by atoms with E-state index in [-0.39, 0.29) is 0 Å². The van der Waals surface area contributed by atoms with E-state index in [0.717, 1.165) is 0 Å². The second-order valence-electron chi connectivity index (χ2n) is 1.36. The second-order valence-corrected chi connectivity index (χ2v) is 1.36. The Labute approximate surface area is 47.7 Å². The molecule has 2 atom stereocenters. The molecule has 9 heavy (non-hydrogen) atoms. The van der Waals surface area contributed by atoms with Crippen LogP contribution in [0, 0.1) is 0 Å². The third-order valence-electron chi connectivity index (χ3n) is 0.573. The fourth-order valence-electron chi connectivity index (χ4n) is 0.165. The molecule has 0 rings (SSSR count). The van der Waals surface area contributed by atoms with Crippen molar-refractivity contribution >= 4 is 0 Å². The van der Waals surface area contributed by atoms with Gasteiger partial charge in [-0.2, -0.15) is 8.78 Å². The Morgan fingerprint density at radius 2 is 1.56 bits per heavy atom. The SMILES string of the molecule is OC(F)C(F)C(O)(F)F. The van der Waals surface area contributed by atoms with Crippen LogP contribution in [0.4, 0.5) is 17.6 Å². The zero-order chi connectivity index (χ0) is 7.65. The molecule has 0 spiro atoms. The van der Waals surface area contributed by atoms with Gasteiger partial charge in [0.15, 0.2) is 0 Å². The van der Waals surface area contributed by atoms with E-state index in [0.29, 0.717) is 0 Å². The molecular formula is C3H4F4O2. The Morgan fingerprint density at radius 3 is 1.56 bits per heavy atom. The largest absolute Gasteiger partial charge is 0.389 e. The molecule has 0 amide bonds. The lowest BCUT2D eigenvalue weighted by Crippen LogP contribution is -2.36. The van der Waals surface area contributed by atoms with Crippen molar-refractivity contribution in [1.29, 1.82) is 0 Å². The average molecular weight is 148 g/mol. The smallest absolute Gasteiger partial charge is 0.362 e. The van der Waals surface area contributed by atoms with Gasteiger partial charge in [0.25, 0.3) is 0 Å². The second kappa shape index (κ2) is 2.49. The van der Waals surface area contributed by atoms with E-state index in [9.17, 15) is 17.6 Å². The van der Waals surface area contributed by atoms with Crippen LogP contribution >= 0.6 is 0 Å². The normalized spacial score (nSPS) is 19.3. The van der Waals surface area contributed by atoms with Crippen LogP contribution in [0.15, 0.2) is 0 Å². The Bertz CT molecular complexity index is 88.3. The van der Waals surface area contributed by atoms with Crippen molar-refractivity contribution < 1.29 is 27.8 Å². The summed E-state index contributed by atoms with van der Waals surface area (Å²) in [6.07, 6.45) is -11.7. The zero-order valence-corrected chi connectivity index (χ0v) is 4.06. The molecule has 56 valence electrons. The molecule has 0 fully saturated rings. The maximum Gasteiger partial charge on any atom is 0.389 e. The summed E-state index contributed by atoms with van der Waals surface area (Å²) in [5, 5.41) is 14.8. The van der Waals surface area contributed by atoms with E-state index in [1.807, 2.05) is 0 Å². The first-order valence-corrected chi connectivity index (χ1v) is 1.92. The van der Waals surface area contributed by atoms with Gasteiger partial charge in [0.2, 0.25) is 12.5 Å². The fourth-order valence-corrected chi connectivity index (χ4v) is 0.165. The van der Waals surface area contributed by atoms with E-state index in [1.54, 1.807) is 0 Å². The van der Waals surface area contributed by atoms with E-state index >= 15 is 0 Å². The number of aliphatic hydroxyl groups is 2. The molecule has 0 heterocycles. The van der Waals surface area contributed by atoms with Crippen LogP contribution in [-0.2, 0) is 0 Å². The summed E-state index contributed by atoms with van der Waals surface area (Å²) in [6.45, 7) is 0. The molecule has 0 aromatic carbocycles. The van der Waals surface area contributed by atoms with Crippen LogP contribution in [0.1, 0.15) is 0 Å². The molecule has 0 saturated carbocycles. The van der Waals surface area contributed by atoms with Gasteiger partial charge in [-0.3, -0.25) is 0 Å². The lowest BCUT2D eigenvalue weighted by Gasteiger charge is -2.13. The molecule has 0 aromatic heterocycles. The van der Waals surface area contributed by atoms with Crippen LogP contribution in [0.3, 0.4) is 0 Å². The summed E-state index contributed by atoms with van der Waals surface area (Å²) in [4.78, 5) is 0. The minimum Gasteiger partial charge on any atom is -0.362 e. The van der Waals surface area contributed by atoms with Gasteiger partial charge >= 0.3 is 6.11 Å². The monoisotopic (exact) mass is 148 g/mol. The molecule has 0 aromatic rings. The Hall–Kier alpha value is -0.360. The summed E-state index contributed by atoms with van der Waals surface area (Å²) in [6, 6.07) is 0. The van der Waals surface area contributed by atoms with Crippen molar-refractivity contribution in [3.63, 3.8) is 0 Å². The van der Waals surface area contributed by atoms with Crippen LogP contribution in [-0.4, -0.2) is 28.9 Å². The van der Waals surface area contributed by atoms with E-state index in [1.165, 1.54) is 0 Å². The molecule has 0 radical (unpaired) electrons. The predicted octanol–water partition coefficient (Wildman–Crippen LogP) is 0.198.